The van der Waals surface area contributed by atoms with Gasteiger partial charge < -0.3 is 4.74 Å². The molecule has 116 valence electrons. The molecule has 0 aliphatic heterocycles. The second-order valence-corrected chi connectivity index (χ2v) is 7.61. The van der Waals surface area contributed by atoms with E-state index in [1.165, 1.54) is 11.6 Å². The molecule has 0 fully saturated rings. The highest BCUT2D eigenvalue weighted by Gasteiger charge is 2.28. The maximum absolute atomic E-state index is 11.9. The van der Waals surface area contributed by atoms with E-state index < -0.39 is 0 Å². The molecule has 0 aromatic heterocycles. The highest BCUT2D eigenvalue weighted by Crippen LogP contribution is 2.40. The third-order valence-corrected chi connectivity index (χ3v) is 3.35. The third kappa shape index (κ3) is 4.45. The Labute approximate surface area is 129 Å². The number of benzene rings is 1. The highest BCUT2D eigenvalue weighted by molar-refractivity contribution is 5.84. The van der Waals surface area contributed by atoms with Crippen molar-refractivity contribution >= 4 is 5.97 Å². The Balaban J connectivity index is 3.57. The molecule has 0 aliphatic rings. The van der Waals surface area contributed by atoms with E-state index in [9.17, 15) is 4.79 Å². The molecular weight excluding hydrogens is 260 g/mol. The van der Waals surface area contributed by atoms with E-state index in [2.05, 4.69) is 60.6 Å². The SMILES string of the molecule is C/C=C/C(=O)Oc1c(C(C)(C)C)cc(C)cc1C(C)(C)C. The van der Waals surface area contributed by atoms with E-state index in [-0.39, 0.29) is 16.8 Å². The molecule has 0 heterocycles. The zero-order valence-corrected chi connectivity index (χ0v) is 14.6. The summed E-state index contributed by atoms with van der Waals surface area (Å²) in [5.74, 6) is 0.390. The van der Waals surface area contributed by atoms with Gasteiger partial charge in [-0.3, -0.25) is 0 Å². The van der Waals surface area contributed by atoms with Crippen LogP contribution in [0.2, 0.25) is 0 Å². The number of hydrogen-bond donors (Lipinski definition) is 0. The minimum atomic E-state index is -0.322. The van der Waals surface area contributed by atoms with Crippen LogP contribution in [0.3, 0.4) is 0 Å². The van der Waals surface area contributed by atoms with Crippen molar-refractivity contribution in [3.63, 3.8) is 0 Å². The molecule has 0 saturated carbocycles. The van der Waals surface area contributed by atoms with Crippen LogP contribution >= 0.6 is 0 Å². The van der Waals surface area contributed by atoms with E-state index in [4.69, 9.17) is 4.74 Å². The molecular formula is C19H28O2. The minimum Gasteiger partial charge on any atom is -0.423 e. The van der Waals surface area contributed by atoms with Gasteiger partial charge in [0.1, 0.15) is 5.75 Å². The maximum Gasteiger partial charge on any atom is 0.335 e. The van der Waals surface area contributed by atoms with Crippen molar-refractivity contribution in [2.24, 2.45) is 0 Å². The summed E-state index contributed by atoms with van der Waals surface area (Å²) in [6, 6.07) is 4.24. The number of rotatable bonds is 2. The van der Waals surface area contributed by atoms with E-state index in [0.29, 0.717) is 5.75 Å². The zero-order valence-electron chi connectivity index (χ0n) is 14.6. The van der Waals surface area contributed by atoms with Crippen molar-refractivity contribution in [2.75, 3.05) is 0 Å². The Kier molecular flexibility index (Phi) is 5.03. The van der Waals surface area contributed by atoms with Gasteiger partial charge in [-0.05, 0) is 24.7 Å². The van der Waals surface area contributed by atoms with Crippen LogP contribution in [0.15, 0.2) is 24.3 Å². The first kappa shape index (κ1) is 17.5. The van der Waals surface area contributed by atoms with Gasteiger partial charge >= 0.3 is 5.97 Å². The van der Waals surface area contributed by atoms with Gasteiger partial charge in [0.2, 0.25) is 0 Å². The first-order chi connectivity index (χ1) is 9.46. The summed E-state index contributed by atoms with van der Waals surface area (Å²) in [6.45, 7) is 16.7. The molecule has 2 nitrogen and oxygen atoms in total. The lowest BCUT2D eigenvalue weighted by Gasteiger charge is -2.29. The van der Waals surface area contributed by atoms with Crippen LogP contribution in [0.25, 0.3) is 0 Å². The number of hydrogen-bond acceptors (Lipinski definition) is 2. The topological polar surface area (TPSA) is 26.3 Å². The number of allylic oxidation sites excluding steroid dienone is 1. The van der Waals surface area contributed by atoms with Gasteiger partial charge in [0.15, 0.2) is 0 Å². The molecule has 0 radical (unpaired) electrons. The average molecular weight is 288 g/mol. The fourth-order valence-corrected chi connectivity index (χ4v) is 2.27. The molecule has 1 rings (SSSR count). The van der Waals surface area contributed by atoms with E-state index in [1.54, 1.807) is 6.08 Å². The molecule has 21 heavy (non-hydrogen) atoms. The van der Waals surface area contributed by atoms with Crippen molar-refractivity contribution < 1.29 is 9.53 Å². The standard InChI is InChI=1S/C19H28O2/c1-9-10-16(20)21-17-14(18(3,4)5)11-13(2)12-15(17)19(6,7)8/h9-12H,1-8H3/b10-9+. The van der Waals surface area contributed by atoms with Crippen LogP contribution in [0.5, 0.6) is 5.75 Å². The molecule has 0 amide bonds. The van der Waals surface area contributed by atoms with Crippen LogP contribution in [-0.4, -0.2) is 5.97 Å². The summed E-state index contributed by atoms with van der Waals surface area (Å²) in [4.78, 5) is 11.9. The molecule has 0 spiro atoms. The van der Waals surface area contributed by atoms with Crippen molar-refractivity contribution in [3.8, 4) is 5.75 Å². The molecule has 0 aliphatic carbocycles. The second-order valence-electron chi connectivity index (χ2n) is 7.61. The van der Waals surface area contributed by atoms with Crippen LogP contribution in [0.1, 0.15) is 65.2 Å². The Hall–Kier alpha value is -1.57. The lowest BCUT2D eigenvalue weighted by Crippen LogP contribution is -2.21. The number of esters is 1. The van der Waals surface area contributed by atoms with Gasteiger partial charge in [0.05, 0.1) is 0 Å². The quantitative estimate of drug-likeness (QED) is 0.431. The molecule has 0 N–H and O–H groups in total. The van der Waals surface area contributed by atoms with E-state index >= 15 is 0 Å². The number of aryl methyl sites for hydroxylation is 1. The van der Waals surface area contributed by atoms with Gasteiger partial charge in [-0.15, -0.1) is 0 Å². The van der Waals surface area contributed by atoms with Gasteiger partial charge in [-0.1, -0.05) is 65.3 Å². The Morgan fingerprint density at radius 3 is 1.76 bits per heavy atom. The smallest absolute Gasteiger partial charge is 0.335 e. The van der Waals surface area contributed by atoms with Gasteiger partial charge in [-0.25, -0.2) is 4.79 Å². The summed E-state index contributed by atoms with van der Waals surface area (Å²) < 4.78 is 5.70. The van der Waals surface area contributed by atoms with Crippen molar-refractivity contribution in [3.05, 3.63) is 41.0 Å². The summed E-state index contributed by atoms with van der Waals surface area (Å²) in [7, 11) is 0. The molecule has 0 unspecified atom stereocenters. The van der Waals surface area contributed by atoms with Gasteiger partial charge in [0.25, 0.3) is 0 Å². The summed E-state index contributed by atoms with van der Waals surface area (Å²) in [5.41, 5.74) is 3.17. The molecule has 2 heteroatoms. The Morgan fingerprint density at radius 1 is 1.00 bits per heavy atom. The fraction of sp³-hybridized carbons (Fsp3) is 0.526. The monoisotopic (exact) mass is 288 g/mol. The van der Waals surface area contributed by atoms with Crippen molar-refractivity contribution in [1.82, 2.24) is 0 Å². The number of ether oxygens (including phenoxy) is 1. The van der Waals surface area contributed by atoms with Gasteiger partial charge in [0, 0.05) is 17.2 Å². The molecule has 1 aromatic carbocycles. The lowest BCUT2D eigenvalue weighted by atomic mass is 9.78. The minimum absolute atomic E-state index is 0.0858. The van der Waals surface area contributed by atoms with E-state index in [0.717, 1.165) is 11.1 Å². The summed E-state index contributed by atoms with van der Waals surface area (Å²) in [5, 5.41) is 0. The maximum atomic E-state index is 11.9. The number of carbonyl (C=O) groups excluding carboxylic acids is 1. The highest BCUT2D eigenvalue weighted by atomic mass is 16.5. The summed E-state index contributed by atoms with van der Waals surface area (Å²) >= 11 is 0. The molecule has 0 saturated heterocycles. The first-order valence-electron chi connectivity index (χ1n) is 7.47. The average Bonchev–Trinajstić information content (AvgIpc) is 2.28. The largest absolute Gasteiger partial charge is 0.423 e. The molecule has 1 aromatic rings. The Bertz CT molecular complexity index is 517. The summed E-state index contributed by atoms with van der Waals surface area (Å²) in [6.07, 6.45) is 3.16. The normalized spacial score (nSPS) is 12.8. The Morgan fingerprint density at radius 2 is 1.43 bits per heavy atom. The predicted molar refractivity (Wildman–Crippen MR) is 89.0 cm³/mol. The third-order valence-electron chi connectivity index (χ3n) is 3.35. The molecule has 0 atom stereocenters. The second kappa shape index (κ2) is 6.05. The van der Waals surface area contributed by atoms with Crippen LogP contribution in [0, 0.1) is 6.92 Å². The van der Waals surface area contributed by atoms with Crippen LogP contribution in [0.4, 0.5) is 0 Å². The number of carbonyl (C=O) groups is 1. The molecule has 0 bridgehead atoms. The van der Waals surface area contributed by atoms with Crippen molar-refractivity contribution in [2.45, 2.75) is 66.2 Å². The van der Waals surface area contributed by atoms with E-state index in [1.807, 2.05) is 6.92 Å². The lowest BCUT2D eigenvalue weighted by molar-refractivity contribution is -0.129. The first-order valence-corrected chi connectivity index (χ1v) is 7.47. The van der Waals surface area contributed by atoms with Crippen molar-refractivity contribution in [1.29, 1.82) is 0 Å². The van der Waals surface area contributed by atoms with Gasteiger partial charge in [-0.2, -0.15) is 0 Å². The van der Waals surface area contributed by atoms with Crippen LogP contribution < -0.4 is 4.74 Å². The predicted octanol–water partition coefficient (Wildman–Crippen LogP) is 5.07. The fourth-order valence-electron chi connectivity index (χ4n) is 2.27. The van der Waals surface area contributed by atoms with Crippen LogP contribution in [-0.2, 0) is 15.6 Å². The zero-order chi connectivity index (χ0) is 16.4.